The normalized spacial score (nSPS) is 12.6. The van der Waals surface area contributed by atoms with Crippen LogP contribution in [0.15, 0.2) is 53.0 Å². The number of alkyl halides is 3. The van der Waals surface area contributed by atoms with Crippen LogP contribution in [0, 0.1) is 0 Å². The zero-order chi connectivity index (χ0) is 17.0. The third-order valence-electron chi connectivity index (χ3n) is 2.75. The maximum Gasteiger partial charge on any atom is 0.255 e. The predicted molar refractivity (Wildman–Crippen MR) is 97.8 cm³/mol. The summed E-state index contributed by atoms with van der Waals surface area (Å²) in [6.07, 6.45) is -1.20. The zero-order valence-electron chi connectivity index (χ0n) is 11.4. The highest BCUT2D eigenvalue weighted by Crippen LogP contribution is 2.32. The molecule has 0 heterocycles. The molecule has 0 spiro atoms. The fourth-order valence-corrected chi connectivity index (χ4v) is 2.45. The summed E-state index contributed by atoms with van der Waals surface area (Å²) in [5, 5.41) is 2.81. The van der Waals surface area contributed by atoms with Gasteiger partial charge in [-0.2, -0.15) is 0 Å². The summed E-state index contributed by atoms with van der Waals surface area (Å²) in [5.41, 5.74) is 0.257. The molecule has 0 aromatic heterocycles. The van der Waals surface area contributed by atoms with Gasteiger partial charge in [0.1, 0.15) is 5.75 Å². The SMILES string of the molecule is O=C(N[C@@H](Oc1ccc(Br)cc1)C(Cl)(Cl)Cl)c1ccccc1Cl. The van der Waals surface area contributed by atoms with Crippen LogP contribution in [-0.4, -0.2) is 15.9 Å². The summed E-state index contributed by atoms with van der Waals surface area (Å²) >= 11 is 27.0. The largest absolute Gasteiger partial charge is 0.466 e. The lowest BCUT2D eigenvalue weighted by Crippen LogP contribution is -2.47. The van der Waals surface area contributed by atoms with Crippen LogP contribution < -0.4 is 10.1 Å². The highest BCUT2D eigenvalue weighted by atomic mass is 79.9. The maximum atomic E-state index is 12.3. The number of benzene rings is 2. The summed E-state index contributed by atoms with van der Waals surface area (Å²) in [7, 11) is 0. The molecular formula is C15H10BrCl4NO2. The first-order valence-corrected chi connectivity index (χ1v) is 8.62. The molecule has 8 heteroatoms. The van der Waals surface area contributed by atoms with E-state index in [1.165, 1.54) is 0 Å². The number of nitrogens with one attached hydrogen (secondary N) is 1. The second-order valence-electron chi connectivity index (χ2n) is 4.45. The smallest absolute Gasteiger partial charge is 0.255 e. The van der Waals surface area contributed by atoms with E-state index in [1.807, 2.05) is 0 Å². The Morgan fingerprint density at radius 2 is 1.70 bits per heavy atom. The van der Waals surface area contributed by atoms with Crippen LogP contribution in [0.5, 0.6) is 5.75 Å². The lowest BCUT2D eigenvalue weighted by molar-refractivity contribution is 0.0833. The monoisotopic (exact) mass is 455 g/mol. The highest BCUT2D eigenvalue weighted by molar-refractivity contribution is 9.10. The Hall–Kier alpha value is -0.650. The Bertz CT molecular complexity index is 689. The number of carbonyl (C=O) groups is 1. The maximum absolute atomic E-state index is 12.3. The van der Waals surface area contributed by atoms with Crippen LogP contribution in [-0.2, 0) is 0 Å². The summed E-state index contributed by atoms with van der Waals surface area (Å²) in [4.78, 5) is 12.3. The Balaban J connectivity index is 2.18. The van der Waals surface area contributed by atoms with Gasteiger partial charge in [0.2, 0.25) is 10.0 Å². The second-order valence-corrected chi connectivity index (χ2v) is 8.14. The van der Waals surface area contributed by atoms with Crippen molar-refractivity contribution in [2.75, 3.05) is 0 Å². The van der Waals surface area contributed by atoms with Crippen LogP contribution in [0.2, 0.25) is 5.02 Å². The third-order valence-corrected chi connectivity index (χ3v) is 4.20. The van der Waals surface area contributed by atoms with E-state index in [0.717, 1.165) is 4.47 Å². The predicted octanol–water partition coefficient (Wildman–Crippen LogP) is 5.61. The minimum atomic E-state index is -1.87. The van der Waals surface area contributed by atoms with Crippen molar-refractivity contribution >= 4 is 68.2 Å². The van der Waals surface area contributed by atoms with Crippen LogP contribution in [0.25, 0.3) is 0 Å². The molecule has 0 saturated carbocycles. The van der Waals surface area contributed by atoms with Crippen molar-refractivity contribution < 1.29 is 9.53 Å². The molecule has 0 aliphatic heterocycles. The minimum Gasteiger partial charge on any atom is -0.466 e. The summed E-state index contributed by atoms with van der Waals surface area (Å²) in [6.45, 7) is 0. The molecule has 2 rings (SSSR count). The average molecular weight is 458 g/mol. The minimum absolute atomic E-state index is 0.257. The molecule has 0 bridgehead atoms. The average Bonchev–Trinajstić information content (AvgIpc) is 2.48. The molecule has 1 amide bonds. The van der Waals surface area contributed by atoms with E-state index < -0.39 is 15.9 Å². The van der Waals surface area contributed by atoms with E-state index in [9.17, 15) is 4.79 Å². The van der Waals surface area contributed by atoms with Gasteiger partial charge in [0.05, 0.1) is 10.6 Å². The van der Waals surface area contributed by atoms with Gasteiger partial charge in [-0.3, -0.25) is 4.79 Å². The van der Waals surface area contributed by atoms with Crippen molar-refractivity contribution in [2.45, 2.75) is 10.0 Å². The van der Waals surface area contributed by atoms with E-state index >= 15 is 0 Å². The molecule has 0 aliphatic rings. The Morgan fingerprint density at radius 1 is 1.09 bits per heavy atom. The molecule has 0 fully saturated rings. The van der Waals surface area contributed by atoms with Crippen molar-refractivity contribution in [1.29, 1.82) is 0 Å². The first-order valence-electron chi connectivity index (χ1n) is 6.31. The van der Waals surface area contributed by atoms with E-state index in [4.69, 9.17) is 51.1 Å². The second kappa shape index (κ2) is 7.95. The number of hydrogen-bond acceptors (Lipinski definition) is 2. The van der Waals surface area contributed by atoms with Crippen LogP contribution >= 0.6 is 62.3 Å². The molecule has 2 aromatic rings. The fraction of sp³-hybridized carbons (Fsp3) is 0.133. The first kappa shape index (κ1) is 18.7. The molecule has 0 radical (unpaired) electrons. The standard InChI is InChI=1S/C15H10BrCl4NO2/c16-9-5-7-10(8-6-9)23-14(15(18,19)20)21-13(22)11-3-1-2-4-12(11)17/h1-8,14H,(H,21,22)/t14-/m0/s1. The van der Waals surface area contributed by atoms with Crippen LogP contribution in [0.3, 0.4) is 0 Å². The van der Waals surface area contributed by atoms with Crippen molar-refractivity contribution in [3.63, 3.8) is 0 Å². The number of hydrogen-bond donors (Lipinski definition) is 1. The van der Waals surface area contributed by atoms with Crippen molar-refractivity contribution in [3.05, 3.63) is 63.6 Å². The molecule has 3 nitrogen and oxygen atoms in total. The lowest BCUT2D eigenvalue weighted by atomic mass is 10.2. The summed E-state index contributed by atoms with van der Waals surface area (Å²) < 4.78 is 4.57. The topological polar surface area (TPSA) is 38.3 Å². The first-order chi connectivity index (χ1) is 10.8. The fourth-order valence-electron chi connectivity index (χ4n) is 1.67. The zero-order valence-corrected chi connectivity index (χ0v) is 16.0. The van der Waals surface area contributed by atoms with Crippen LogP contribution in [0.4, 0.5) is 0 Å². The molecular weight excluding hydrogens is 448 g/mol. The summed E-state index contributed by atoms with van der Waals surface area (Å²) in [5.74, 6) is -0.0759. The highest BCUT2D eigenvalue weighted by Gasteiger charge is 2.36. The van der Waals surface area contributed by atoms with E-state index in [1.54, 1.807) is 48.5 Å². The quantitative estimate of drug-likeness (QED) is 0.479. The van der Waals surface area contributed by atoms with Gasteiger partial charge in [0, 0.05) is 4.47 Å². The van der Waals surface area contributed by atoms with Gasteiger partial charge in [-0.05, 0) is 36.4 Å². The van der Waals surface area contributed by atoms with Gasteiger partial charge >= 0.3 is 0 Å². The number of carbonyl (C=O) groups excluding carboxylic acids is 1. The van der Waals surface area contributed by atoms with Gasteiger partial charge < -0.3 is 10.1 Å². The summed E-state index contributed by atoms with van der Waals surface area (Å²) in [6, 6.07) is 13.4. The van der Waals surface area contributed by atoms with Gasteiger partial charge in [-0.1, -0.05) is 74.5 Å². The Morgan fingerprint density at radius 3 is 2.26 bits per heavy atom. The Kier molecular flexibility index (Phi) is 6.46. The number of amides is 1. The van der Waals surface area contributed by atoms with Gasteiger partial charge in [0.15, 0.2) is 0 Å². The van der Waals surface area contributed by atoms with Gasteiger partial charge in [-0.25, -0.2) is 0 Å². The van der Waals surface area contributed by atoms with Crippen molar-refractivity contribution in [3.8, 4) is 5.75 Å². The van der Waals surface area contributed by atoms with E-state index in [-0.39, 0.29) is 10.6 Å². The van der Waals surface area contributed by atoms with Gasteiger partial charge in [0.25, 0.3) is 5.91 Å². The molecule has 122 valence electrons. The number of rotatable bonds is 4. The molecule has 0 unspecified atom stereocenters. The van der Waals surface area contributed by atoms with Crippen LogP contribution in [0.1, 0.15) is 10.4 Å². The van der Waals surface area contributed by atoms with Crippen molar-refractivity contribution in [2.24, 2.45) is 0 Å². The van der Waals surface area contributed by atoms with Crippen molar-refractivity contribution in [1.82, 2.24) is 5.32 Å². The number of ether oxygens (including phenoxy) is 1. The molecule has 2 aromatic carbocycles. The number of halogens is 5. The molecule has 0 saturated heterocycles. The molecule has 1 atom stereocenters. The molecule has 0 aliphatic carbocycles. The van der Waals surface area contributed by atoms with E-state index in [2.05, 4.69) is 21.2 Å². The van der Waals surface area contributed by atoms with E-state index in [0.29, 0.717) is 5.75 Å². The third kappa shape index (κ3) is 5.44. The molecule has 1 N–H and O–H groups in total. The lowest BCUT2D eigenvalue weighted by Gasteiger charge is -2.26. The molecule has 23 heavy (non-hydrogen) atoms. The Labute approximate surface area is 161 Å². The van der Waals surface area contributed by atoms with Gasteiger partial charge in [-0.15, -0.1) is 0 Å².